The van der Waals surface area contributed by atoms with E-state index in [4.69, 9.17) is 4.74 Å². The topological polar surface area (TPSA) is 131 Å². The third-order valence-corrected chi connectivity index (χ3v) is 4.68. The molecule has 136 valence electrons. The van der Waals surface area contributed by atoms with Gasteiger partial charge in [0.05, 0.1) is 11.3 Å². The predicted molar refractivity (Wildman–Crippen MR) is 91.4 cm³/mol. The van der Waals surface area contributed by atoms with Crippen molar-refractivity contribution in [2.75, 3.05) is 17.6 Å². The third kappa shape index (κ3) is 4.11. The van der Waals surface area contributed by atoms with Gasteiger partial charge in [-0.3, -0.25) is 10.1 Å². The largest absolute Gasteiger partial charge is 0.449 e. The Balaban J connectivity index is 1.63. The van der Waals surface area contributed by atoms with E-state index in [0.29, 0.717) is 0 Å². The predicted octanol–water partition coefficient (Wildman–Crippen LogP) is -0.156. The third-order valence-electron chi connectivity index (χ3n) is 3.51. The Labute approximate surface area is 149 Å². The summed E-state index contributed by atoms with van der Waals surface area (Å²) in [5.41, 5.74) is 0.179. The van der Waals surface area contributed by atoms with Gasteiger partial charge in [0, 0.05) is 25.1 Å². The van der Waals surface area contributed by atoms with E-state index in [1.165, 1.54) is 37.7 Å². The van der Waals surface area contributed by atoms with E-state index in [2.05, 4.69) is 19.7 Å². The maximum Gasteiger partial charge on any atom is 0.340 e. The summed E-state index contributed by atoms with van der Waals surface area (Å²) >= 11 is 0. The Hall–Kier alpha value is -3.08. The molecule has 10 nitrogen and oxygen atoms in total. The number of amides is 1. The van der Waals surface area contributed by atoms with Crippen LogP contribution in [0.1, 0.15) is 6.92 Å². The lowest BCUT2D eigenvalue weighted by Gasteiger charge is -2.27. The van der Waals surface area contributed by atoms with E-state index >= 15 is 0 Å². The minimum atomic E-state index is -3.47. The summed E-state index contributed by atoms with van der Waals surface area (Å²) in [6.45, 7) is 1.60. The van der Waals surface area contributed by atoms with E-state index in [9.17, 15) is 18.0 Å². The molecule has 1 N–H and O–H groups in total. The number of anilines is 1. The summed E-state index contributed by atoms with van der Waals surface area (Å²) in [5.74, 6) is -1.09. The van der Waals surface area contributed by atoms with Crippen LogP contribution in [-0.2, 0) is 24.3 Å². The lowest BCUT2D eigenvalue weighted by Crippen LogP contribution is -2.37. The molecule has 0 aromatic carbocycles. The molecule has 11 heteroatoms. The van der Waals surface area contributed by atoms with Gasteiger partial charge in [-0.2, -0.15) is 0 Å². The van der Waals surface area contributed by atoms with Crippen molar-refractivity contribution in [1.82, 2.24) is 14.9 Å². The van der Waals surface area contributed by atoms with Gasteiger partial charge in [-0.1, -0.05) is 0 Å². The minimum Gasteiger partial charge on any atom is -0.449 e. The number of amidine groups is 1. The van der Waals surface area contributed by atoms with Crippen molar-refractivity contribution in [3.05, 3.63) is 42.4 Å². The van der Waals surface area contributed by atoms with Crippen LogP contribution in [-0.4, -0.2) is 59.4 Å². The lowest BCUT2D eigenvalue weighted by molar-refractivity contribution is -0.149. The first-order valence-corrected chi connectivity index (χ1v) is 9.23. The highest BCUT2D eigenvalue weighted by molar-refractivity contribution is 7.90. The number of sulfonamides is 1. The lowest BCUT2D eigenvalue weighted by atomic mass is 10.2. The van der Waals surface area contributed by atoms with Gasteiger partial charge in [-0.05, 0) is 25.1 Å². The highest BCUT2D eigenvalue weighted by Gasteiger charge is 2.27. The fourth-order valence-electron chi connectivity index (χ4n) is 2.18. The standard InChI is InChI=1S/C15H15N5O5S/c1-10(13(21)18-15-16-5-2-6-17-15)25-14(22)11-3-4-12-19-26(23,24)8-7-20(12)9-11/h2-6,9-10H,7-8H2,1H3,(H,16,17,18,21). The fourth-order valence-corrected chi connectivity index (χ4v) is 3.15. The van der Waals surface area contributed by atoms with Crippen LogP contribution in [0.15, 0.2) is 46.8 Å². The number of aromatic nitrogens is 2. The van der Waals surface area contributed by atoms with Crippen LogP contribution in [0.25, 0.3) is 0 Å². The Morgan fingerprint density at radius 3 is 2.73 bits per heavy atom. The maximum atomic E-state index is 12.2. The van der Waals surface area contributed by atoms with Gasteiger partial charge in [-0.15, -0.1) is 4.40 Å². The Morgan fingerprint density at radius 2 is 2.00 bits per heavy atom. The fraction of sp³-hybridized carbons (Fsp3) is 0.267. The zero-order chi connectivity index (χ0) is 18.7. The minimum absolute atomic E-state index is 0.104. The molecular formula is C15H15N5O5S. The van der Waals surface area contributed by atoms with Gasteiger partial charge in [0.15, 0.2) is 6.10 Å². The van der Waals surface area contributed by atoms with Gasteiger partial charge in [0.2, 0.25) is 5.95 Å². The Kier molecular flexibility index (Phi) is 4.80. The summed E-state index contributed by atoms with van der Waals surface area (Å²) in [6, 6.07) is 1.60. The molecule has 2 aliphatic heterocycles. The highest BCUT2D eigenvalue weighted by Crippen LogP contribution is 2.17. The number of nitrogens with one attached hydrogen (secondary N) is 1. The average Bonchev–Trinajstić information content (AvgIpc) is 2.61. The molecule has 0 fully saturated rings. The highest BCUT2D eigenvalue weighted by atomic mass is 32.2. The molecule has 0 saturated heterocycles. The molecular weight excluding hydrogens is 362 g/mol. The molecule has 1 unspecified atom stereocenters. The zero-order valence-electron chi connectivity index (χ0n) is 13.7. The SMILES string of the molecule is CC(OC(=O)C1=CN2CCS(=O)(=O)N=C2C=C1)C(=O)Nc1ncccn1. The molecule has 1 atom stereocenters. The normalized spacial score (nSPS) is 18.9. The van der Waals surface area contributed by atoms with E-state index < -0.39 is 28.0 Å². The summed E-state index contributed by atoms with van der Waals surface area (Å²) < 4.78 is 31.7. The van der Waals surface area contributed by atoms with Crippen molar-refractivity contribution in [1.29, 1.82) is 0 Å². The summed E-state index contributed by atoms with van der Waals surface area (Å²) in [4.78, 5) is 33.5. The van der Waals surface area contributed by atoms with Crippen LogP contribution in [0.5, 0.6) is 0 Å². The number of esters is 1. The molecule has 3 heterocycles. The molecule has 2 aliphatic rings. The number of nitrogens with zero attached hydrogens (tertiary/aromatic N) is 4. The molecule has 1 aromatic rings. The number of ether oxygens (including phenoxy) is 1. The van der Waals surface area contributed by atoms with Crippen molar-refractivity contribution in [3.8, 4) is 0 Å². The number of hydrogen-bond acceptors (Lipinski definition) is 8. The molecule has 1 aromatic heterocycles. The first-order chi connectivity index (χ1) is 12.3. The smallest absolute Gasteiger partial charge is 0.340 e. The molecule has 0 saturated carbocycles. The van der Waals surface area contributed by atoms with E-state index in [-0.39, 0.29) is 29.7 Å². The second-order valence-corrected chi connectivity index (χ2v) is 7.21. The average molecular weight is 377 g/mol. The molecule has 0 bridgehead atoms. The maximum absolute atomic E-state index is 12.2. The van der Waals surface area contributed by atoms with Crippen molar-refractivity contribution < 1.29 is 22.7 Å². The van der Waals surface area contributed by atoms with Gasteiger partial charge >= 0.3 is 5.97 Å². The zero-order valence-corrected chi connectivity index (χ0v) is 14.5. The number of hydrogen-bond donors (Lipinski definition) is 1. The van der Waals surface area contributed by atoms with Crippen molar-refractivity contribution >= 4 is 33.7 Å². The van der Waals surface area contributed by atoms with E-state index in [1.807, 2.05) is 0 Å². The quantitative estimate of drug-likeness (QED) is 0.717. The number of fused-ring (bicyclic) bond motifs is 1. The van der Waals surface area contributed by atoms with Gasteiger partial charge in [-0.25, -0.2) is 23.2 Å². The van der Waals surface area contributed by atoms with Crippen LogP contribution in [0.3, 0.4) is 0 Å². The molecule has 26 heavy (non-hydrogen) atoms. The van der Waals surface area contributed by atoms with Crippen LogP contribution in [0.4, 0.5) is 5.95 Å². The van der Waals surface area contributed by atoms with Crippen LogP contribution in [0, 0.1) is 0 Å². The first-order valence-electron chi connectivity index (χ1n) is 7.62. The summed E-state index contributed by atoms with van der Waals surface area (Å²) in [5, 5.41) is 2.43. The Morgan fingerprint density at radius 1 is 1.27 bits per heavy atom. The second-order valence-electron chi connectivity index (χ2n) is 5.46. The molecule has 0 spiro atoms. The number of carbonyl (C=O) groups is 2. The monoisotopic (exact) mass is 377 g/mol. The second kappa shape index (κ2) is 7.04. The first kappa shape index (κ1) is 17.7. The van der Waals surface area contributed by atoms with Gasteiger partial charge < -0.3 is 9.64 Å². The van der Waals surface area contributed by atoms with Crippen molar-refractivity contribution in [2.24, 2.45) is 4.40 Å². The summed E-state index contributed by atoms with van der Waals surface area (Å²) in [7, 11) is -3.47. The van der Waals surface area contributed by atoms with Gasteiger partial charge in [0.25, 0.3) is 15.9 Å². The molecule has 0 radical (unpaired) electrons. The van der Waals surface area contributed by atoms with Crippen LogP contribution < -0.4 is 5.32 Å². The van der Waals surface area contributed by atoms with Crippen LogP contribution >= 0.6 is 0 Å². The van der Waals surface area contributed by atoms with Crippen molar-refractivity contribution in [2.45, 2.75) is 13.0 Å². The Bertz CT molecular complexity index is 923. The molecule has 1 amide bonds. The number of rotatable bonds is 4. The van der Waals surface area contributed by atoms with E-state index in [1.54, 1.807) is 11.0 Å². The van der Waals surface area contributed by atoms with E-state index in [0.717, 1.165) is 0 Å². The van der Waals surface area contributed by atoms with Gasteiger partial charge in [0.1, 0.15) is 5.84 Å². The van der Waals surface area contributed by atoms with Crippen LogP contribution in [0.2, 0.25) is 0 Å². The summed E-state index contributed by atoms with van der Waals surface area (Å²) in [6.07, 6.45) is 6.11. The molecule has 3 rings (SSSR count). The number of carbonyl (C=O) groups excluding carboxylic acids is 2. The molecule has 0 aliphatic carbocycles. The van der Waals surface area contributed by atoms with Crippen molar-refractivity contribution in [3.63, 3.8) is 0 Å².